The number of amides is 1. The summed E-state index contributed by atoms with van der Waals surface area (Å²) in [4.78, 5) is 12.7. The molecule has 0 saturated heterocycles. The highest BCUT2D eigenvalue weighted by Crippen LogP contribution is 2.42. The summed E-state index contributed by atoms with van der Waals surface area (Å²) in [5.74, 6) is 4.18. The molecular formula is C38H38ClN3O9. The normalized spacial score (nSPS) is 13.4. The standard InChI is InChI=1S/C38H38ClN3O9/c1-44-29-12-8-22(28-21-31(51-42-28)24-18-34(46-3)36(48-5)35(19-24)47-4)16-33(29)50-15-7-6-14-49-30-13-9-23(17-32(30)45-2)37-40-27-11-10-25(39)20-26(27)38(43)41-37/h8-13,16-21,37,40H,6-7,14-15H2,1-5H3,(H,41,43). The number of halogens is 1. The zero-order chi connectivity index (χ0) is 35.9. The minimum absolute atomic E-state index is 0.207. The van der Waals surface area contributed by atoms with E-state index in [9.17, 15) is 4.79 Å². The van der Waals surface area contributed by atoms with Crippen LogP contribution in [-0.4, -0.2) is 59.8 Å². The molecule has 1 aliphatic rings. The van der Waals surface area contributed by atoms with Gasteiger partial charge in [0.05, 0.1) is 54.3 Å². The van der Waals surface area contributed by atoms with E-state index in [-0.39, 0.29) is 5.91 Å². The molecule has 6 rings (SSSR count). The molecule has 266 valence electrons. The van der Waals surface area contributed by atoms with Crippen molar-refractivity contribution in [2.24, 2.45) is 0 Å². The summed E-state index contributed by atoms with van der Waals surface area (Å²) in [6.45, 7) is 0.889. The minimum atomic E-state index is -0.435. The molecule has 1 aromatic heterocycles. The van der Waals surface area contributed by atoms with Gasteiger partial charge in [-0.2, -0.15) is 0 Å². The molecule has 0 spiro atoms. The highest BCUT2D eigenvalue weighted by Gasteiger charge is 2.26. The first-order valence-corrected chi connectivity index (χ1v) is 16.5. The summed E-state index contributed by atoms with van der Waals surface area (Å²) in [5, 5.41) is 11.1. The third kappa shape index (κ3) is 7.71. The van der Waals surface area contributed by atoms with Crippen LogP contribution in [0.2, 0.25) is 5.02 Å². The average Bonchev–Trinajstić information content (AvgIpc) is 3.66. The Morgan fingerprint density at radius 3 is 2.02 bits per heavy atom. The van der Waals surface area contributed by atoms with Crippen LogP contribution in [0, 0.1) is 0 Å². The summed E-state index contributed by atoms with van der Waals surface area (Å²) in [6, 6.07) is 21.8. The third-order valence-corrected chi connectivity index (χ3v) is 8.53. The van der Waals surface area contributed by atoms with Gasteiger partial charge < -0.3 is 48.3 Å². The van der Waals surface area contributed by atoms with Gasteiger partial charge in [0, 0.05) is 27.9 Å². The number of benzene rings is 4. The molecule has 2 heterocycles. The molecule has 13 heteroatoms. The van der Waals surface area contributed by atoms with Gasteiger partial charge in [-0.1, -0.05) is 22.8 Å². The highest BCUT2D eigenvalue weighted by molar-refractivity contribution is 6.31. The van der Waals surface area contributed by atoms with Crippen molar-refractivity contribution >= 4 is 23.2 Å². The van der Waals surface area contributed by atoms with Gasteiger partial charge in [-0.15, -0.1) is 0 Å². The lowest BCUT2D eigenvalue weighted by molar-refractivity contribution is 0.0935. The van der Waals surface area contributed by atoms with E-state index in [0.29, 0.717) is 81.2 Å². The van der Waals surface area contributed by atoms with Crippen molar-refractivity contribution in [3.63, 3.8) is 0 Å². The fourth-order valence-corrected chi connectivity index (χ4v) is 5.84. The number of hydrogen-bond acceptors (Lipinski definition) is 11. The maximum absolute atomic E-state index is 12.7. The van der Waals surface area contributed by atoms with E-state index in [2.05, 4.69) is 15.8 Å². The first kappa shape index (κ1) is 35.1. The minimum Gasteiger partial charge on any atom is -0.493 e. The summed E-state index contributed by atoms with van der Waals surface area (Å²) in [5.41, 5.74) is 4.16. The molecule has 12 nitrogen and oxygen atoms in total. The lowest BCUT2D eigenvalue weighted by Gasteiger charge is -2.28. The van der Waals surface area contributed by atoms with E-state index in [0.717, 1.165) is 29.5 Å². The monoisotopic (exact) mass is 715 g/mol. The fourth-order valence-electron chi connectivity index (χ4n) is 5.67. The van der Waals surface area contributed by atoms with Crippen LogP contribution in [0.4, 0.5) is 5.69 Å². The lowest BCUT2D eigenvalue weighted by atomic mass is 10.1. The number of rotatable bonds is 15. The molecule has 0 bridgehead atoms. The Morgan fingerprint density at radius 1 is 0.667 bits per heavy atom. The van der Waals surface area contributed by atoms with E-state index in [1.807, 2.05) is 42.5 Å². The third-order valence-electron chi connectivity index (χ3n) is 8.30. The van der Waals surface area contributed by atoms with Crippen LogP contribution in [0.5, 0.6) is 40.2 Å². The second-order valence-corrected chi connectivity index (χ2v) is 11.8. The Balaban J connectivity index is 1.04. The van der Waals surface area contributed by atoms with Crippen molar-refractivity contribution in [1.82, 2.24) is 10.5 Å². The fraction of sp³-hybridized carbons (Fsp3) is 0.263. The Labute approximate surface area is 300 Å². The maximum atomic E-state index is 12.7. The van der Waals surface area contributed by atoms with E-state index in [4.69, 9.17) is 49.3 Å². The zero-order valence-corrected chi connectivity index (χ0v) is 29.6. The van der Waals surface area contributed by atoms with Gasteiger partial charge in [0.15, 0.2) is 40.3 Å². The lowest BCUT2D eigenvalue weighted by Crippen LogP contribution is -2.38. The van der Waals surface area contributed by atoms with Crippen LogP contribution < -0.4 is 43.8 Å². The number of nitrogens with zero attached hydrogens (tertiary/aromatic N) is 1. The van der Waals surface area contributed by atoms with Crippen molar-refractivity contribution in [1.29, 1.82) is 0 Å². The van der Waals surface area contributed by atoms with E-state index in [1.165, 1.54) is 0 Å². The van der Waals surface area contributed by atoms with Crippen molar-refractivity contribution in [2.75, 3.05) is 54.1 Å². The van der Waals surface area contributed by atoms with Crippen molar-refractivity contribution in [3.8, 4) is 62.8 Å². The molecule has 0 aliphatic carbocycles. The van der Waals surface area contributed by atoms with Gasteiger partial charge in [-0.3, -0.25) is 4.79 Å². The van der Waals surface area contributed by atoms with Crippen LogP contribution in [0.3, 0.4) is 0 Å². The number of fused-ring (bicyclic) bond motifs is 1. The van der Waals surface area contributed by atoms with Gasteiger partial charge in [0.1, 0.15) is 11.9 Å². The maximum Gasteiger partial charge on any atom is 0.255 e. The quantitative estimate of drug-likeness (QED) is 0.103. The number of methoxy groups -OCH3 is 5. The second kappa shape index (κ2) is 15.9. The Hall–Kier alpha value is -5.75. The van der Waals surface area contributed by atoms with Gasteiger partial charge >= 0.3 is 0 Å². The van der Waals surface area contributed by atoms with Gasteiger partial charge in [0.25, 0.3) is 5.91 Å². The highest BCUT2D eigenvalue weighted by atomic mass is 35.5. The van der Waals surface area contributed by atoms with Crippen LogP contribution in [-0.2, 0) is 0 Å². The van der Waals surface area contributed by atoms with Gasteiger partial charge in [-0.25, -0.2) is 0 Å². The topological polar surface area (TPSA) is 132 Å². The SMILES string of the molecule is COc1cc(C2NC(=O)c3cc(Cl)ccc3N2)ccc1OCCCCOc1cc(-c2cc(-c3cc(OC)c(OC)c(OC)c3)on2)ccc1OC. The zero-order valence-electron chi connectivity index (χ0n) is 28.8. The smallest absolute Gasteiger partial charge is 0.255 e. The number of ether oxygens (including phenoxy) is 7. The molecule has 1 amide bonds. The Morgan fingerprint density at radius 2 is 1.33 bits per heavy atom. The molecule has 1 aliphatic heterocycles. The largest absolute Gasteiger partial charge is 0.493 e. The summed E-state index contributed by atoms with van der Waals surface area (Å²) >= 11 is 6.06. The molecule has 2 N–H and O–H groups in total. The van der Waals surface area contributed by atoms with Crippen LogP contribution >= 0.6 is 11.6 Å². The summed E-state index contributed by atoms with van der Waals surface area (Å²) in [7, 11) is 7.85. The molecular weight excluding hydrogens is 678 g/mol. The Kier molecular flexibility index (Phi) is 10.9. The first-order valence-electron chi connectivity index (χ1n) is 16.1. The predicted octanol–water partition coefficient (Wildman–Crippen LogP) is 7.80. The number of unbranched alkanes of at least 4 members (excludes halogenated alkanes) is 1. The van der Waals surface area contributed by atoms with Crippen molar-refractivity contribution < 1.29 is 42.5 Å². The van der Waals surface area contributed by atoms with Crippen LogP contribution in [0.25, 0.3) is 22.6 Å². The van der Waals surface area contributed by atoms with Crippen molar-refractivity contribution in [3.05, 3.63) is 88.9 Å². The van der Waals surface area contributed by atoms with E-state index in [1.54, 1.807) is 65.9 Å². The molecule has 0 saturated carbocycles. The number of hydrogen-bond donors (Lipinski definition) is 2. The molecule has 1 unspecified atom stereocenters. The number of anilines is 1. The molecule has 0 radical (unpaired) electrons. The van der Waals surface area contributed by atoms with E-state index < -0.39 is 6.17 Å². The molecule has 51 heavy (non-hydrogen) atoms. The number of nitrogens with one attached hydrogen (secondary N) is 2. The summed E-state index contributed by atoms with van der Waals surface area (Å²) in [6.07, 6.45) is 1.02. The Bertz CT molecular complexity index is 1990. The van der Waals surface area contributed by atoms with Crippen LogP contribution in [0.1, 0.15) is 34.9 Å². The van der Waals surface area contributed by atoms with Gasteiger partial charge in [0.2, 0.25) is 5.75 Å². The van der Waals surface area contributed by atoms with Crippen LogP contribution in [0.15, 0.2) is 77.3 Å². The summed E-state index contributed by atoms with van der Waals surface area (Å²) < 4.78 is 45.4. The van der Waals surface area contributed by atoms with Crippen molar-refractivity contribution in [2.45, 2.75) is 19.0 Å². The molecule has 1 atom stereocenters. The average molecular weight is 716 g/mol. The van der Waals surface area contributed by atoms with E-state index >= 15 is 0 Å². The first-order chi connectivity index (χ1) is 24.8. The number of aromatic nitrogens is 1. The number of carbonyl (C=O) groups excluding carboxylic acids is 1. The number of carbonyl (C=O) groups is 1. The molecule has 0 fully saturated rings. The molecule has 5 aromatic rings. The second-order valence-electron chi connectivity index (χ2n) is 11.4. The molecule has 4 aromatic carbocycles. The van der Waals surface area contributed by atoms with Gasteiger partial charge in [-0.05, 0) is 79.1 Å². The predicted molar refractivity (Wildman–Crippen MR) is 192 cm³/mol.